The second kappa shape index (κ2) is 6.56. The minimum atomic E-state index is -0.463. The van der Waals surface area contributed by atoms with Gasteiger partial charge < -0.3 is 14.8 Å². The first-order chi connectivity index (χ1) is 12.8. The van der Waals surface area contributed by atoms with Crippen LogP contribution >= 0.6 is 0 Å². The average Bonchev–Trinajstić information content (AvgIpc) is 3.34. The van der Waals surface area contributed by atoms with Gasteiger partial charge in [-0.15, -0.1) is 0 Å². The van der Waals surface area contributed by atoms with Crippen LogP contribution in [0.3, 0.4) is 0 Å². The lowest BCUT2D eigenvalue weighted by Gasteiger charge is -2.17. The van der Waals surface area contributed by atoms with Gasteiger partial charge >= 0.3 is 0 Å². The quantitative estimate of drug-likeness (QED) is 0.740. The average molecular weight is 367 g/mol. The molecule has 0 bridgehead atoms. The normalized spacial score (nSPS) is 16.7. The first-order valence-corrected chi connectivity index (χ1v) is 9.39. The summed E-state index contributed by atoms with van der Waals surface area (Å²) in [6.45, 7) is 6.41. The Balaban J connectivity index is 1.59. The molecular formula is C20H25N5O2. The highest BCUT2D eigenvalue weighted by atomic mass is 16.5. The fourth-order valence-corrected chi connectivity index (χ4v) is 3.46. The molecule has 1 saturated carbocycles. The monoisotopic (exact) mass is 367 g/mol. The molecule has 0 unspecified atom stereocenters. The van der Waals surface area contributed by atoms with Gasteiger partial charge in [-0.3, -0.25) is 0 Å². The Morgan fingerprint density at radius 2 is 1.78 bits per heavy atom. The Hall–Kier alpha value is -2.54. The van der Waals surface area contributed by atoms with Crippen LogP contribution in [-0.2, 0) is 12.0 Å². The Labute approximate surface area is 158 Å². The maximum absolute atomic E-state index is 6.43. The van der Waals surface area contributed by atoms with E-state index in [0.29, 0.717) is 23.4 Å². The van der Waals surface area contributed by atoms with Gasteiger partial charge in [-0.05, 0) is 30.4 Å². The van der Waals surface area contributed by atoms with Gasteiger partial charge in [0.15, 0.2) is 5.82 Å². The van der Waals surface area contributed by atoms with E-state index in [9.17, 15) is 0 Å². The topological polar surface area (TPSA) is 104 Å². The van der Waals surface area contributed by atoms with Crippen LogP contribution in [0.1, 0.15) is 58.2 Å². The summed E-state index contributed by atoms with van der Waals surface area (Å²) in [5.41, 5.74) is 7.71. The van der Waals surface area contributed by atoms with E-state index in [2.05, 4.69) is 41.1 Å². The molecule has 0 atom stereocenters. The van der Waals surface area contributed by atoms with Gasteiger partial charge in [-0.1, -0.05) is 56.1 Å². The molecule has 0 aliphatic heterocycles. The van der Waals surface area contributed by atoms with E-state index >= 15 is 0 Å². The third-order valence-electron chi connectivity index (χ3n) is 4.88. The number of benzene rings is 1. The third-order valence-corrected chi connectivity index (χ3v) is 4.88. The summed E-state index contributed by atoms with van der Waals surface area (Å²) in [6, 6.07) is 7.71. The first-order valence-electron chi connectivity index (χ1n) is 9.39. The van der Waals surface area contributed by atoms with Crippen molar-refractivity contribution in [2.45, 2.75) is 58.4 Å². The number of nitrogens with zero attached hydrogens (tertiary/aromatic N) is 4. The van der Waals surface area contributed by atoms with Crippen molar-refractivity contribution in [2.24, 2.45) is 11.1 Å². The minimum Gasteiger partial charge on any atom is -0.339 e. The molecule has 0 saturated heterocycles. The zero-order chi connectivity index (χ0) is 19.1. The summed E-state index contributed by atoms with van der Waals surface area (Å²) in [5.74, 6) is 2.24. The molecule has 1 aliphatic carbocycles. The highest BCUT2D eigenvalue weighted by Crippen LogP contribution is 2.35. The van der Waals surface area contributed by atoms with E-state index < -0.39 is 5.54 Å². The van der Waals surface area contributed by atoms with Crippen LogP contribution in [0.15, 0.2) is 33.3 Å². The molecule has 3 aromatic rings. The summed E-state index contributed by atoms with van der Waals surface area (Å²) in [4.78, 5) is 9.07. The van der Waals surface area contributed by atoms with Crippen LogP contribution in [0.4, 0.5) is 0 Å². The summed E-state index contributed by atoms with van der Waals surface area (Å²) < 4.78 is 10.9. The molecule has 27 heavy (non-hydrogen) atoms. The van der Waals surface area contributed by atoms with Crippen molar-refractivity contribution >= 4 is 0 Å². The second-order valence-electron chi connectivity index (χ2n) is 8.62. The Morgan fingerprint density at radius 1 is 1.04 bits per heavy atom. The SMILES string of the molecule is CC(C)(C)Cc1nc(-c2cccc(-c3nc(C4(N)CCCC4)no3)c2)no1. The smallest absolute Gasteiger partial charge is 0.258 e. The molecule has 142 valence electrons. The Morgan fingerprint density at radius 3 is 2.52 bits per heavy atom. The predicted molar refractivity (Wildman–Crippen MR) is 101 cm³/mol. The van der Waals surface area contributed by atoms with Gasteiger partial charge in [0.1, 0.15) is 0 Å². The molecule has 0 spiro atoms. The first kappa shape index (κ1) is 17.9. The lowest BCUT2D eigenvalue weighted by atomic mass is 9.92. The van der Waals surface area contributed by atoms with E-state index in [4.69, 9.17) is 14.8 Å². The zero-order valence-electron chi connectivity index (χ0n) is 16.0. The van der Waals surface area contributed by atoms with Crippen LogP contribution in [-0.4, -0.2) is 20.3 Å². The Bertz CT molecular complexity index is 932. The number of hydrogen-bond donors (Lipinski definition) is 1. The third kappa shape index (κ3) is 3.78. The molecule has 1 aliphatic rings. The second-order valence-corrected chi connectivity index (χ2v) is 8.62. The van der Waals surface area contributed by atoms with Crippen LogP contribution in [0, 0.1) is 5.41 Å². The van der Waals surface area contributed by atoms with E-state index in [-0.39, 0.29) is 5.41 Å². The van der Waals surface area contributed by atoms with E-state index in [0.717, 1.165) is 43.2 Å². The van der Waals surface area contributed by atoms with Crippen molar-refractivity contribution in [3.8, 4) is 22.8 Å². The summed E-state index contributed by atoms with van der Waals surface area (Å²) in [7, 11) is 0. The van der Waals surface area contributed by atoms with Gasteiger partial charge in [-0.25, -0.2) is 0 Å². The van der Waals surface area contributed by atoms with E-state index in [1.807, 2.05) is 24.3 Å². The van der Waals surface area contributed by atoms with E-state index in [1.165, 1.54) is 0 Å². The number of rotatable bonds is 4. The fraction of sp³-hybridized carbons (Fsp3) is 0.500. The maximum atomic E-state index is 6.43. The lowest BCUT2D eigenvalue weighted by Crippen LogP contribution is -2.34. The number of aromatic nitrogens is 4. The number of nitrogens with two attached hydrogens (primary N) is 1. The minimum absolute atomic E-state index is 0.0875. The predicted octanol–water partition coefficient (Wildman–Crippen LogP) is 4.10. The van der Waals surface area contributed by atoms with Crippen molar-refractivity contribution in [3.63, 3.8) is 0 Å². The molecule has 1 fully saturated rings. The van der Waals surface area contributed by atoms with Crippen molar-refractivity contribution in [2.75, 3.05) is 0 Å². The molecule has 0 amide bonds. The van der Waals surface area contributed by atoms with Crippen molar-refractivity contribution in [3.05, 3.63) is 36.0 Å². The standard InChI is InChI=1S/C20H25N5O2/c1-19(2,3)12-15-22-16(24-26-15)13-7-6-8-14(11-13)17-23-18(25-27-17)20(21)9-4-5-10-20/h6-8,11H,4-5,9-10,12,21H2,1-3H3. The molecule has 7 heteroatoms. The maximum Gasteiger partial charge on any atom is 0.258 e. The molecule has 0 radical (unpaired) electrons. The van der Waals surface area contributed by atoms with Gasteiger partial charge in [0, 0.05) is 17.5 Å². The van der Waals surface area contributed by atoms with Crippen molar-refractivity contribution < 1.29 is 9.05 Å². The lowest BCUT2D eigenvalue weighted by molar-refractivity contribution is 0.314. The molecule has 1 aromatic carbocycles. The van der Waals surface area contributed by atoms with Crippen LogP contribution in [0.5, 0.6) is 0 Å². The van der Waals surface area contributed by atoms with Crippen molar-refractivity contribution in [1.29, 1.82) is 0 Å². The van der Waals surface area contributed by atoms with Gasteiger partial charge in [-0.2, -0.15) is 9.97 Å². The fourth-order valence-electron chi connectivity index (χ4n) is 3.46. The highest BCUT2D eigenvalue weighted by Gasteiger charge is 2.36. The largest absolute Gasteiger partial charge is 0.339 e. The van der Waals surface area contributed by atoms with Crippen LogP contribution in [0.25, 0.3) is 22.8 Å². The molecule has 2 aromatic heterocycles. The van der Waals surface area contributed by atoms with Crippen LogP contribution < -0.4 is 5.73 Å². The molecule has 7 nitrogen and oxygen atoms in total. The van der Waals surface area contributed by atoms with Gasteiger partial charge in [0.2, 0.25) is 11.7 Å². The summed E-state index contributed by atoms with van der Waals surface area (Å²) >= 11 is 0. The Kier molecular flexibility index (Phi) is 4.34. The summed E-state index contributed by atoms with van der Waals surface area (Å²) in [6.07, 6.45) is 4.72. The molecular weight excluding hydrogens is 342 g/mol. The van der Waals surface area contributed by atoms with Crippen molar-refractivity contribution in [1.82, 2.24) is 20.3 Å². The molecule has 2 N–H and O–H groups in total. The summed E-state index contributed by atoms with van der Waals surface area (Å²) in [5, 5.41) is 8.24. The number of hydrogen-bond acceptors (Lipinski definition) is 7. The molecule has 2 heterocycles. The van der Waals surface area contributed by atoms with Crippen LogP contribution in [0.2, 0.25) is 0 Å². The molecule has 4 rings (SSSR count). The van der Waals surface area contributed by atoms with Gasteiger partial charge in [0.25, 0.3) is 5.89 Å². The highest BCUT2D eigenvalue weighted by molar-refractivity contribution is 5.64. The zero-order valence-corrected chi connectivity index (χ0v) is 16.0. The van der Waals surface area contributed by atoms with E-state index in [1.54, 1.807) is 0 Å². The van der Waals surface area contributed by atoms with Gasteiger partial charge in [0.05, 0.1) is 5.54 Å².